The zero-order chi connectivity index (χ0) is 29.6. The van der Waals surface area contributed by atoms with Crippen molar-refractivity contribution in [3.05, 3.63) is 66.0 Å². The van der Waals surface area contributed by atoms with Gasteiger partial charge in [0.05, 0.1) is 41.4 Å². The zero-order valence-electron chi connectivity index (χ0n) is 24.8. The van der Waals surface area contributed by atoms with Crippen molar-refractivity contribution >= 4 is 17.3 Å². The van der Waals surface area contributed by atoms with E-state index in [1.54, 1.807) is 16.9 Å². The van der Waals surface area contributed by atoms with Crippen molar-refractivity contribution < 1.29 is 9.53 Å². The van der Waals surface area contributed by atoms with Crippen LogP contribution in [0, 0.1) is 18.3 Å². The Kier molecular flexibility index (Phi) is 7.10. The standard InChI is InChI=1S/C31H37N9O2/c1-20(27-8-6-7-10-33-27)36-28-12-22(16-39-29(28)23(13-32)14-34-39)26-15-35-40(21(26)2)25-18-38(19-25)24-9-11-37(17-24)30(41)42-31(3,4)5/h6-8,10,12,14-16,20,24-25,36H,9,11,17-19H2,1-5H3/t20-,24?/m1/s1. The number of hydrogen-bond donors (Lipinski definition) is 1. The second kappa shape index (κ2) is 10.8. The summed E-state index contributed by atoms with van der Waals surface area (Å²) in [5.74, 6) is 0. The van der Waals surface area contributed by atoms with E-state index in [1.807, 2.05) is 56.3 Å². The van der Waals surface area contributed by atoms with Crippen LogP contribution < -0.4 is 5.32 Å². The van der Waals surface area contributed by atoms with Crippen molar-refractivity contribution in [2.24, 2.45) is 0 Å². The van der Waals surface area contributed by atoms with Crippen LogP contribution in [0.25, 0.3) is 16.6 Å². The number of amides is 1. The van der Waals surface area contributed by atoms with Crippen LogP contribution in [0.4, 0.5) is 10.5 Å². The highest BCUT2D eigenvalue weighted by Crippen LogP contribution is 2.35. The average Bonchev–Trinajstić information content (AvgIpc) is 3.67. The number of ether oxygens (including phenoxy) is 1. The molecule has 1 N–H and O–H groups in total. The molecule has 6 heterocycles. The topological polar surface area (TPSA) is 117 Å². The van der Waals surface area contributed by atoms with Crippen LogP contribution in [0.15, 0.2) is 49.1 Å². The lowest BCUT2D eigenvalue weighted by Crippen LogP contribution is -2.54. The molecule has 6 rings (SSSR count). The van der Waals surface area contributed by atoms with Gasteiger partial charge in [0.1, 0.15) is 17.2 Å². The minimum absolute atomic E-state index is 0.0710. The molecular weight excluding hydrogens is 530 g/mol. The lowest BCUT2D eigenvalue weighted by atomic mass is 10.0. The van der Waals surface area contributed by atoms with Crippen LogP contribution in [-0.4, -0.2) is 78.1 Å². The number of carbonyl (C=O) groups excluding carboxylic acids is 1. The molecule has 2 saturated heterocycles. The van der Waals surface area contributed by atoms with Crippen molar-refractivity contribution in [3.8, 4) is 17.2 Å². The number of nitrogens with zero attached hydrogens (tertiary/aromatic N) is 8. The predicted octanol–water partition coefficient (Wildman–Crippen LogP) is 4.81. The molecule has 0 saturated carbocycles. The summed E-state index contributed by atoms with van der Waals surface area (Å²) in [6.07, 6.45) is 7.98. The molecule has 218 valence electrons. The highest BCUT2D eigenvalue weighted by molar-refractivity contribution is 5.83. The van der Waals surface area contributed by atoms with E-state index >= 15 is 0 Å². The monoisotopic (exact) mass is 567 g/mol. The summed E-state index contributed by atoms with van der Waals surface area (Å²) in [7, 11) is 0. The third-order valence-corrected chi connectivity index (χ3v) is 8.16. The molecule has 2 aliphatic heterocycles. The summed E-state index contributed by atoms with van der Waals surface area (Å²) < 4.78 is 9.44. The van der Waals surface area contributed by atoms with Gasteiger partial charge in [-0.3, -0.25) is 14.6 Å². The molecule has 0 aromatic carbocycles. The lowest BCUT2D eigenvalue weighted by molar-refractivity contribution is 0.0232. The average molecular weight is 568 g/mol. The lowest BCUT2D eigenvalue weighted by Gasteiger charge is -2.43. The molecule has 42 heavy (non-hydrogen) atoms. The van der Waals surface area contributed by atoms with E-state index in [4.69, 9.17) is 9.84 Å². The summed E-state index contributed by atoms with van der Waals surface area (Å²) in [6.45, 7) is 13.1. The summed E-state index contributed by atoms with van der Waals surface area (Å²) >= 11 is 0. The van der Waals surface area contributed by atoms with Crippen LogP contribution in [0.5, 0.6) is 0 Å². The fourth-order valence-corrected chi connectivity index (χ4v) is 5.95. The van der Waals surface area contributed by atoms with Gasteiger partial charge in [0.15, 0.2) is 0 Å². The normalized spacial score (nSPS) is 18.6. The fraction of sp³-hybridized carbons (Fsp3) is 0.452. The van der Waals surface area contributed by atoms with Gasteiger partial charge in [-0.15, -0.1) is 0 Å². The largest absolute Gasteiger partial charge is 0.444 e. The van der Waals surface area contributed by atoms with E-state index in [1.165, 1.54) is 0 Å². The third-order valence-electron chi connectivity index (χ3n) is 8.16. The van der Waals surface area contributed by atoms with Crippen molar-refractivity contribution in [1.29, 1.82) is 5.26 Å². The minimum Gasteiger partial charge on any atom is -0.444 e. The predicted molar refractivity (Wildman–Crippen MR) is 159 cm³/mol. The first-order valence-electron chi connectivity index (χ1n) is 14.5. The molecule has 1 unspecified atom stereocenters. The van der Waals surface area contributed by atoms with Crippen molar-refractivity contribution in [3.63, 3.8) is 0 Å². The Labute approximate surface area is 245 Å². The second-order valence-corrected chi connectivity index (χ2v) is 12.3. The highest BCUT2D eigenvalue weighted by Gasteiger charge is 2.39. The summed E-state index contributed by atoms with van der Waals surface area (Å²) in [5, 5.41) is 22.6. The van der Waals surface area contributed by atoms with Gasteiger partial charge in [-0.05, 0) is 59.2 Å². The van der Waals surface area contributed by atoms with Crippen molar-refractivity contribution in [2.45, 2.75) is 64.8 Å². The SMILES string of the molecule is Cc1c(-c2cc(N[C@H](C)c3ccccn3)c3c(C#N)cnn3c2)cnn1C1CN(C2CCN(C(=O)OC(C)(C)C)C2)C1. The van der Waals surface area contributed by atoms with Gasteiger partial charge < -0.3 is 15.0 Å². The molecule has 0 spiro atoms. The number of nitriles is 1. The molecule has 0 aliphatic carbocycles. The maximum atomic E-state index is 12.5. The van der Waals surface area contributed by atoms with Gasteiger partial charge in [-0.2, -0.15) is 15.5 Å². The zero-order valence-corrected chi connectivity index (χ0v) is 24.8. The number of aromatic nitrogens is 5. The Morgan fingerprint density at radius 3 is 2.69 bits per heavy atom. The van der Waals surface area contributed by atoms with Crippen molar-refractivity contribution in [1.82, 2.24) is 34.2 Å². The Morgan fingerprint density at radius 1 is 1.17 bits per heavy atom. The maximum Gasteiger partial charge on any atom is 0.410 e. The molecule has 2 aliphatic rings. The molecule has 4 aromatic heterocycles. The van der Waals surface area contributed by atoms with E-state index in [-0.39, 0.29) is 18.2 Å². The first-order valence-corrected chi connectivity index (χ1v) is 14.5. The Bertz CT molecular complexity index is 1640. The van der Waals surface area contributed by atoms with Gasteiger partial charge in [0.25, 0.3) is 0 Å². The maximum absolute atomic E-state index is 12.5. The summed E-state index contributed by atoms with van der Waals surface area (Å²) in [5.41, 5.74) is 5.56. The quantitative estimate of drug-likeness (QED) is 0.353. The van der Waals surface area contributed by atoms with Gasteiger partial charge in [0, 0.05) is 61.4 Å². The molecule has 4 aromatic rings. The fourth-order valence-electron chi connectivity index (χ4n) is 5.95. The Hall–Kier alpha value is -4.43. The number of hydrogen-bond acceptors (Lipinski definition) is 8. The highest BCUT2D eigenvalue weighted by atomic mass is 16.6. The van der Waals surface area contributed by atoms with E-state index in [2.05, 4.69) is 51.0 Å². The summed E-state index contributed by atoms with van der Waals surface area (Å²) in [4.78, 5) is 21.3. The number of anilines is 1. The first-order chi connectivity index (χ1) is 20.1. The van der Waals surface area contributed by atoms with E-state index < -0.39 is 5.60 Å². The minimum atomic E-state index is -0.486. The van der Waals surface area contributed by atoms with Gasteiger partial charge in [-0.25, -0.2) is 9.31 Å². The van der Waals surface area contributed by atoms with Gasteiger partial charge >= 0.3 is 6.09 Å². The Morgan fingerprint density at radius 2 is 1.98 bits per heavy atom. The molecule has 11 nitrogen and oxygen atoms in total. The number of fused-ring (bicyclic) bond motifs is 1. The molecule has 2 fully saturated rings. The summed E-state index contributed by atoms with van der Waals surface area (Å²) in [6, 6.07) is 10.7. The molecule has 2 atom stereocenters. The van der Waals surface area contributed by atoms with E-state index in [9.17, 15) is 10.1 Å². The molecule has 1 amide bonds. The van der Waals surface area contributed by atoms with Crippen molar-refractivity contribution in [2.75, 3.05) is 31.5 Å². The number of nitrogens with one attached hydrogen (secondary N) is 1. The Balaban J connectivity index is 1.18. The molecular formula is C31H37N9O2. The molecule has 0 radical (unpaired) electrons. The van der Waals surface area contributed by atoms with Crippen LogP contribution in [0.3, 0.4) is 0 Å². The number of carbonyl (C=O) groups is 1. The number of likely N-dealkylation sites (tertiary alicyclic amines) is 2. The van der Waals surface area contributed by atoms with E-state index in [0.717, 1.165) is 59.8 Å². The van der Waals surface area contributed by atoms with Crippen LogP contribution >= 0.6 is 0 Å². The third kappa shape index (κ3) is 5.30. The smallest absolute Gasteiger partial charge is 0.410 e. The first kappa shape index (κ1) is 27.7. The van der Waals surface area contributed by atoms with Crippen LogP contribution in [-0.2, 0) is 4.74 Å². The van der Waals surface area contributed by atoms with E-state index in [0.29, 0.717) is 18.2 Å². The van der Waals surface area contributed by atoms with Crippen LogP contribution in [0.1, 0.15) is 63.2 Å². The molecule has 11 heteroatoms. The van der Waals surface area contributed by atoms with Gasteiger partial charge in [0.2, 0.25) is 0 Å². The molecule has 0 bridgehead atoms. The van der Waals surface area contributed by atoms with Gasteiger partial charge in [-0.1, -0.05) is 6.07 Å². The van der Waals surface area contributed by atoms with Crippen LogP contribution in [0.2, 0.25) is 0 Å². The number of pyridine rings is 2. The second-order valence-electron chi connectivity index (χ2n) is 12.3. The number of rotatable bonds is 6.